The molecule has 0 aliphatic carbocycles. The van der Waals surface area contributed by atoms with Gasteiger partial charge in [-0.3, -0.25) is 9.69 Å². The number of carbonyl (C=O) groups is 1. The van der Waals surface area contributed by atoms with Gasteiger partial charge in [0.25, 0.3) is 5.91 Å². The second-order valence-corrected chi connectivity index (χ2v) is 11.3. The lowest BCUT2D eigenvalue weighted by Crippen LogP contribution is -2.42. The fraction of sp³-hybridized carbons (Fsp3) is 0.500. The summed E-state index contributed by atoms with van der Waals surface area (Å²) in [6, 6.07) is 14.5. The molecule has 0 aromatic heterocycles. The number of ether oxygens (including phenoxy) is 1. The summed E-state index contributed by atoms with van der Waals surface area (Å²) in [6.45, 7) is 8.38. The number of rotatable bonds is 7. The van der Waals surface area contributed by atoms with Gasteiger partial charge in [0.05, 0.1) is 17.6 Å². The Bertz CT molecular complexity index is 1100. The van der Waals surface area contributed by atoms with Crippen molar-refractivity contribution >= 4 is 15.9 Å². The molecule has 1 amide bonds. The Morgan fingerprint density at radius 2 is 1.85 bits per heavy atom. The number of nitrogens with zero attached hydrogens (tertiary/aromatic N) is 2. The minimum absolute atomic E-state index is 0.0239. The largest absolute Gasteiger partial charge is 0.376 e. The third kappa shape index (κ3) is 6.05. The van der Waals surface area contributed by atoms with Gasteiger partial charge in [-0.15, -0.1) is 0 Å². The average Bonchev–Trinajstić information content (AvgIpc) is 2.83. The first-order valence-electron chi connectivity index (χ1n) is 12.1. The quantitative estimate of drug-likeness (QED) is 0.650. The number of carbonyl (C=O) groups excluding carboxylic acids is 1. The lowest BCUT2D eigenvalue weighted by molar-refractivity contribution is -0.0212. The van der Waals surface area contributed by atoms with Crippen LogP contribution in [0.15, 0.2) is 53.4 Å². The Morgan fingerprint density at radius 3 is 2.65 bits per heavy atom. The monoisotopic (exact) mass is 485 g/mol. The summed E-state index contributed by atoms with van der Waals surface area (Å²) in [5.41, 5.74) is 2.56. The van der Waals surface area contributed by atoms with Crippen molar-refractivity contribution in [3.63, 3.8) is 0 Å². The summed E-state index contributed by atoms with van der Waals surface area (Å²) in [4.78, 5) is 15.4. The normalized spacial score (nSPS) is 22.4. The SMILES string of the molecule is CC1CN(Cc2cccc(CNC(=O)c3cccc(S(=O)(=O)N4CCCCC4C)c3)c2)CCO1. The summed E-state index contributed by atoms with van der Waals surface area (Å²) in [5, 5.41) is 2.94. The number of amides is 1. The maximum absolute atomic E-state index is 13.2. The van der Waals surface area contributed by atoms with E-state index in [-0.39, 0.29) is 22.9 Å². The number of nitrogens with one attached hydrogen (secondary N) is 1. The highest BCUT2D eigenvalue weighted by atomic mass is 32.2. The van der Waals surface area contributed by atoms with Gasteiger partial charge in [0.1, 0.15) is 0 Å². The molecule has 2 atom stereocenters. The third-order valence-electron chi connectivity index (χ3n) is 6.62. The van der Waals surface area contributed by atoms with Crippen LogP contribution in [0.4, 0.5) is 0 Å². The fourth-order valence-corrected chi connectivity index (χ4v) is 6.52. The van der Waals surface area contributed by atoms with Crippen molar-refractivity contribution in [3.05, 3.63) is 65.2 Å². The average molecular weight is 486 g/mol. The molecule has 184 valence electrons. The van der Waals surface area contributed by atoms with E-state index in [1.54, 1.807) is 22.5 Å². The van der Waals surface area contributed by atoms with Crippen LogP contribution in [0, 0.1) is 0 Å². The molecule has 2 aliphatic heterocycles. The number of benzene rings is 2. The van der Waals surface area contributed by atoms with E-state index in [4.69, 9.17) is 4.74 Å². The van der Waals surface area contributed by atoms with Crippen LogP contribution in [0.25, 0.3) is 0 Å². The molecule has 8 heteroatoms. The third-order valence-corrected chi connectivity index (χ3v) is 8.63. The number of hydrogen-bond donors (Lipinski definition) is 1. The van der Waals surface area contributed by atoms with Gasteiger partial charge in [0.2, 0.25) is 10.0 Å². The smallest absolute Gasteiger partial charge is 0.251 e. The molecule has 2 aromatic rings. The highest BCUT2D eigenvalue weighted by molar-refractivity contribution is 7.89. The molecule has 2 heterocycles. The van der Waals surface area contributed by atoms with Crippen molar-refractivity contribution in [2.45, 2.75) is 63.2 Å². The van der Waals surface area contributed by atoms with E-state index in [0.717, 1.165) is 51.1 Å². The summed E-state index contributed by atoms with van der Waals surface area (Å²) in [6.07, 6.45) is 3.02. The molecule has 2 saturated heterocycles. The van der Waals surface area contributed by atoms with Crippen LogP contribution in [0.2, 0.25) is 0 Å². The lowest BCUT2D eigenvalue weighted by Gasteiger charge is -2.32. The minimum atomic E-state index is -3.62. The van der Waals surface area contributed by atoms with Crippen LogP contribution in [0.5, 0.6) is 0 Å². The van der Waals surface area contributed by atoms with Crippen molar-refractivity contribution in [3.8, 4) is 0 Å². The van der Waals surface area contributed by atoms with Crippen molar-refractivity contribution in [2.24, 2.45) is 0 Å². The van der Waals surface area contributed by atoms with Crippen molar-refractivity contribution in [2.75, 3.05) is 26.2 Å². The predicted molar refractivity (Wildman–Crippen MR) is 132 cm³/mol. The topological polar surface area (TPSA) is 79.0 Å². The first kappa shape index (κ1) is 24.9. The van der Waals surface area contributed by atoms with Crippen LogP contribution in [-0.4, -0.2) is 61.9 Å². The lowest BCUT2D eigenvalue weighted by atomic mass is 10.1. The maximum Gasteiger partial charge on any atom is 0.251 e. The highest BCUT2D eigenvalue weighted by Crippen LogP contribution is 2.25. The van der Waals surface area contributed by atoms with Gasteiger partial charge >= 0.3 is 0 Å². The van der Waals surface area contributed by atoms with Crippen LogP contribution >= 0.6 is 0 Å². The van der Waals surface area contributed by atoms with Crippen LogP contribution in [0.3, 0.4) is 0 Å². The molecule has 0 saturated carbocycles. The summed E-state index contributed by atoms with van der Waals surface area (Å²) >= 11 is 0. The molecular formula is C26H35N3O4S. The van der Waals surface area contributed by atoms with E-state index < -0.39 is 10.0 Å². The Hall–Kier alpha value is -2.26. The second-order valence-electron chi connectivity index (χ2n) is 9.41. The molecule has 0 spiro atoms. The maximum atomic E-state index is 13.2. The van der Waals surface area contributed by atoms with Gasteiger partial charge in [0.15, 0.2) is 0 Å². The fourth-order valence-electron chi connectivity index (χ4n) is 4.78. The summed E-state index contributed by atoms with van der Waals surface area (Å²) < 4.78 is 33.5. The van der Waals surface area contributed by atoms with Gasteiger partial charge in [-0.2, -0.15) is 4.31 Å². The molecule has 1 N–H and O–H groups in total. The first-order valence-corrected chi connectivity index (χ1v) is 13.6. The molecule has 2 aliphatic rings. The van der Waals surface area contributed by atoms with E-state index in [1.165, 1.54) is 11.6 Å². The van der Waals surface area contributed by atoms with Gasteiger partial charge in [-0.05, 0) is 56.0 Å². The van der Waals surface area contributed by atoms with E-state index in [2.05, 4.69) is 29.3 Å². The Balaban J connectivity index is 1.39. The molecule has 0 radical (unpaired) electrons. The van der Waals surface area contributed by atoms with Crippen molar-refractivity contribution < 1.29 is 17.9 Å². The van der Waals surface area contributed by atoms with E-state index in [1.807, 2.05) is 19.1 Å². The Kier molecular flexibility index (Phi) is 8.03. The van der Waals surface area contributed by atoms with Crippen LogP contribution in [-0.2, 0) is 27.8 Å². The number of sulfonamides is 1. The molecular weight excluding hydrogens is 450 g/mol. The van der Waals surface area contributed by atoms with Gasteiger partial charge < -0.3 is 10.1 Å². The van der Waals surface area contributed by atoms with E-state index in [9.17, 15) is 13.2 Å². The molecule has 7 nitrogen and oxygen atoms in total. The molecule has 2 unspecified atom stereocenters. The standard InChI is InChI=1S/C26H35N3O4S/c1-20-7-3-4-12-29(20)34(31,32)25-11-6-10-24(16-25)26(30)27-17-22-8-5-9-23(15-22)19-28-13-14-33-21(2)18-28/h5-6,8-11,15-16,20-21H,3-4,7,12-14,17-19H2,1-2H3,(H,27,30). The number of hydrogen-bond acceptors (Lipinski definition) is 5. The summed E-state index contributed by atoms with van der Waals surface area (Å²) in [5.74, 6) is -0.281. The van der Waals surface area contributed by atoms with E-state index in [0.29, 0.717) is 18.7 Å². The Labute approximate surface area is 203 Å². The predicted octanol–water partition coefficient (Wildman–Crippen LogP) is 3.40. The summed E-state index contributed by atoms with van der Waals surface area (Å²) in [7, 11) is -3.62. The minimum Gasteiger partial charge on any atom is -0.376 e. The van der Waals surface area contributed by atoms with Gasteiger partial charge in [-0.25, -0.2) is 8.42 Å². The highest BCUT2D eigenvalue weighted by Gasteiger charge is 2.31. The molecule has 4 rings (SSSR count). The second kappa shape index (κ2) is 11.0. The zero-order valence-corrected chi connectivity index (χ0v) is 20.9. The van der Waals surface area contributed by atoms with Crippen molar-refractivity contribution in [1.82, 2.24) is 14.5 Å². The van der Waals surface area contributed by atoms with Gasteiger partial charge in [-0.1, -0.05) is 36.8 Å². The Morgan fingerprint density at radius 1 is 1.06 bits per heavy atom. The van der Waals surface area contributed by atoms with Crippen LogP contribution < -0.4 is 5.32 Å². The number of piperidine rings is 1. The molecule has 2 fully saturated rings. The zero-order chi connectivity index (χ0) is 24.1. The first-order chi connectivity index (χ1) is 16.3. The molecule has 2 aromatic carbocycles. The van der Waals surface area contributed by atoms with Crippen LogP contribution in [0.1, 0.15) is 54.6 Å². The molecule has 34 heavy (non-hydrogen) atoms. The zero-order valence-electron chi connectivity index (χ0n) is 20.1. The van der Waals surface area contributed by atoms with Crippen molar-refractivity contribution in [1.29, 1.82) is 0 Å². The molecule has 0 bridgehead atoms. The van der Waals surface area contributed by atoms with E-state index >= 15 is 0 Å². The van der Waals surface area contributed by atoms with Gasteiger partial charge in [0, 0.05) is 44.3 Å². The number of morpholine rings is 1.